The molecule has 1 aliphatic heterocycles. The number of anilines is 3. The van der Waals surface area contributed by atoms with Gasteiger partial charge in [-0.05, 0) is 42.8 Å². The van der Waals surface area contributed by atoms with Gasteiger partial charge in [-0.1, -0.05) is 11.6 Å². The maximum Gasteiger partial charge on any atom is 0.282 e. The van der Waals surface area contributed by atoms with E-state index in [0.717, 1.165) is 11.8 Å². The lowest BCUT2D eigenvalue weighted by molar-refractivity contribution is -0.0262. The summed E-state index contributed by atoms with van der Waals surface area (Å²) in [6.45, 7) is 1.18. The van der Waals surface area contributed by atoms with Crippen LogP contribution in [0.2, 0.25) is 5.02 Å². The molecule has 2 aromatic heterocycles. The molecule has 8 nitrogen and oxygen atoms in total. The second kappa shape index (κ2) is 8.55. The Morgan fingerprint density at radius 3 is 2.44 bits per heavy atom. The lowest BCUT2D eigenvalue weighted by Crippen LogP contribution is -2.56. The summed E-state index contributed by atoms with van der Waals surface area (Å²) in [6.07, 6.45) is 4.20. The molecule has 0 aliphatic carbocycles. The van der Waals surface area contributed by atoms with Crippen LogP contribution >= 0.6 is 11.6 Å². The van der Waals surface area contributed by atoms with Crippen LogP contribution in [-0.2, 0) is 17.1 Å². The van der Waals surface area contributed by atoms with Gasteiger partial charge in [0.25, 0.3) is 11.8 Å². The van der Waals surface area contributed by atoms with E-state index in [1.807, 2.05) is 6.92 Å². The summed E-state index contributed by atoms with van der Waals surface area (Å²) in [5.41, 5.74) is 3.60. The Bertz CT molecular complexity index is 1380. The number of nitrogens with one attached hydrogen (secondary N) is 2. The molecule has 0 atom stereocenters. The van der Waals surface area contributed by atoms with Crippen molar-refractivity contribution in [2.45, 2.75) is 12.8 Å². The van der Waals surface area contributed by atoms with Crippen molar-refractivity contribution in [1.29, 1.82) is 0 Å². The lowest BCUT2D eigenvalue weighted by atomic mass is 10.1. The molecule has 0 spiro atoms. The number of sulfonamides is 1. The molecule has 1 aliphatic rings. The van der Waals surface area contributed by atoms with Gasteiger partial charge in [-0.15, -0.1) is 0 Å². The van der Waals surface area contributed by atoms with Gasteiger partial charge in [0, 0.05) is 24.0 Å². The topological polar surface area (TPSA) is 96.3 Å². The molecule has 0 unspecified atom stereocenters. The Morgan fingerprint density at radius 1 is 1.15 bits per heavy atom. The largest absolute Gasteiger partial charge is 0.358 e. The van der Waals surface area contributed by atoms with Crippen LogP contribution in [-0.4, -0.2) is 49.1 Å². The van der Waals surface area contributed by atoms with E-state index in [1.54, 1.807) is 41.0 Å². The highest BCUT2D eigenvalue weighted by Crippen LogP contribution is 2.33. The Balaban J connectivity index is 1.54. The number of nitrogens with zero attached hydrogens (tertiary/aromatic N) is 3. The summed E-state index contributed by atoms with van der Waals surface area (Å²) in [6, 6.07) is 7.85. The van der Waals surface area contributed by atoms with E-state index in [0.29, 0.717) is 28.3 Å². The van der Waals surface area contributed by atoms with Crippen molar-refractivity contribution in [3.63, 3.8) is 0 Å². The number of hydrogen-bond acceptors (Lipinski definition) is 5. The fourth-order valence-corrected chi connectivity index (χ4v) is 4.54. The first-order valence-corrected chi connectivity index (χ1v) is 12.4. The molecule has 2 N–H and O–H groups in total. The zero-order chi connectivity index (χ0) is 24.8. The normalized spacial score (nSPS) is 15.1. The van der Waals surface area contributed by atoms with Crippen LogP contribution in [0.25, 0.3) is 11.4 Å². The van der Waals surface area contributed by atoms with Gasteiger partial charge >= 0.3 is 0 Å². The SMILES string of the molecule is Cc1cc(N2CC(F)(F)C2)cnc1-c1cc(C(=O)Nc2cc(Cl)cc(NS(C)(=O)=O)c2)cn1C. The quantitative estimate of drug-likeness (QED) is 0.521. The summed E-state index contributed by atoms with van der Waals surface area (Å²) in [7, 11) is -1.74. The van der Waals surface area contributed by atoms with E-state index in [-0.39, 0.29) is 23.8 Å². The first-order valence-electron chi connectivity index (χ1n) is 10.2. The number of amides is 1. The second-order valence-corrected chi connectivity index (χ2v) is 10.5. The third kappa shape index (κ3) is 5.31. The Morgan fingerprint density at radius 2 is 1.82 bits per heavy atom. The summed E-state index contributed by atoms with van der Waals surface area (Å²) in [4.78, 5) is 18.9. The summed E-state index contributed by atoms with van der Waals surface area (Å²) >= 11 is 6.06. The molecule has 0 saturated carbocycles. The molecule has 4 rings (SSSR count). The highest BCUT2D eigenvalue weighted by atomic mass is 35.5. The summed E-state index contributed by atoms with van der Waals surface area (Å²) in [5.74, 6) is -3.09. The number of alkyl halides is 2. The fourth-order valence-electron chi connectivity index (χ4n) is 3.76. The Labute approximate surface area is 200 Å². The minimum absolute atomic E-state index is 0.221. The Hall–Kier alpha value is -3.18. The molecule has 3 aromatic rings. The third-order valence-corrected chi connectivity index (χ3v) is 6.07. The third-order valence-electron chi connectivity index (χ3n) is 5.24. The molecular formula is C22H22ClF2N5O3S. The van der Waals surface area contributed by atoms with Gasteiger partial charge < -0.3 is 14.8 Å². The van der Waals surface area contributed by atoms with E-state index in [2.05, 4.69) is 15.0 Å². The van der Waals surface area contributed by atoms with Crippen LogP contribution in [0.1, 0.15) is 15.9 Å². The second-order valence-electron chi connectivity index (χ2n) is 8.35. The monoisotopic (exact) mass is 509 g/mol. The number of benzene rings is 1. The van der Waals surface area contributed by atoms with Crippen LogP contribution in [0.3, 0.4) is 0 Å². The first kappa shape index (κ1) is 24.0. The fraction of sp³-hybridized carbons (Fsp3) is 0.273. The van der Waals surface area contributed by atoms with Crippen molar-refractivity contribution in [3.05, 3.63) is 58.9 Å². The molecule has 180 valence electrons. The number of rotatable bonds is 6. The molecule has 1 saturated heterocycles. The predicted molar refractivity (Wildman–Crippen MR) is 128 cm³/mol. The van der Waals surface area contributed by atoms with Crippen LogP contribution in [0.5, 0.6) is 0 Å². The van der Waals surface area contributed by atoms with Gasteiger partial charge in [0.05, 0.1) is 53.9 Å². The minimum atomic E-state index is -3.51. The van der Waals surface area contributed by atoms with Crippen LogP contribution in [0, 0.1) is 6.92 Å². The van der Waals surface area contributed by atoms with Gasteiger partial charge in [0.15, 0.2) is 0 Å². The van der Waals surface area contributed by atoms with Crippen molar-refractivity contribution in [2.75, 3.05) is 34.3 Å². The van der Waals surface area contributed by atoms with E-state index < -0.39 is 21.9 Å². The number of aromatic nitrogens is 2. The number of halogens is 3. The summed E-state index contributed by atoms with van der Waals surface area (Å²) in [5, 5.41) is 2.96. The molecule has 0 bridgehead atoms. The Kier molecular flexibility index (Phi) is 6.03. The van der Waals surface area contributed by atoms with Crippen LogP contribution in [0.15, 0.2) is 42.7 Å². The van der Waals surface area contributed by atoms with E-state index in [4.69, 9.17) is 11.6 Å². The molecule has 1 fully saturated rings. The van der Waals surface area contributed by atoms with Crippen molar-refractivity contribution in [2.24, 2.45) is 7.05 Å². The number of aryl methyl sites for hydroxylation is 2. The molecule has 3 heterocycles. The predicted octanol–water partition coefficient (Wildman–Crippen LogP) is 4.13. The maximum absolute atomic E-state index is 13.2. The molecule has 34 heavy (non-hydrogen) atoms. The number of carbonyl (C=O) groups excluding carboxylic acids is 1. The van der Waals surface area contributed by atoms with Gasteiger partial charge in [-0.3, -0.25) is 14.5 Å². The number of carbonyl (C=O) groups is 1. The standard InChI is InChI=1S/C22H22ClF2N5O3S/c1-13-4-18(30-11-22(24,25)12-30)9-26-20(13)19-5-14(10-29(19)2)21(31)27-16-6-15(23)7-17(8-16)28-34(3,32)33/h4-10,28H,11-12H2,1-3H3,(H,27,31). The highest BCUT2D eigenvalue weighted by Gasteiger charge is 2.44. The van der Waals surface area contributed by atoms with Crippen LogP contribution < -0.4 is 14.9 Å². The van der Waals surface area contributed by atoms with Crippen molar-refractivity contribution in [3.8, 4) is 11.4 Å². The highest BCUT2D eigenvalue weighted by molar-refractivity contribution is 7.92. The zero-order valence-corrected chi connectivity index (χ0v) is 20.1. The first-order chi connectivity index (χ1) is 15.8. The van der Waals surface area contributed by atoms with E-state index >= 15 is 0 Å². The molecular weight excluding hydrogens is 488 g/mol. The zero-order valence-electron chi connectivity index (χ0n) is 18.6. The van der Waals surface area contributed by atoms with Crippen LogP contribution in [0.4, 0.5) is 25.8 Å². The average molecular weight is 510 g/mol. The van der Waals surface area contributed by atoms with E-state index in [9.17, 15) is 22.0 Å². The lowest BCUT2D eigenvalue weighted by Gasteiger charge is -2.40. The van der Waals surface area contributed by atoms with Gasteiger partial charge in [-0.25, -0.2) is 17.2 Å². The number of pyridine rings is 1. The molecule has 1 amide bonds. The molecule has 0 radical (unpaired) electrons. The maximum atomic E-state index is 13.2. The molecule has 12 heteroatoms. The smallest absolute Gasteiger partial charge is 0.282 e. The van der Waals surface area contributed by atoms with Gasteiger partial charge in [0.2, 0.25) is 10.0 Å². The van der Waals surface area contributed by atoms with Crippen molar-refractivity contribution in [1.82, 2.24) is 9.55 Å². The number of hydrogen-bond donors (Lipinski definition) is 2. The van der Waals surface area contributed by atoms with E-state index in [1.165, 1.54) is 18.2 Å². The van der Waals surface area contributed by atoms with Crippen molar-refractivity contribution >= 4 is 44.6 Å². The van der Waals surface area contributed by atoms with Crippen molar-refractivity contribution < 1.29 is 22.0 Å². The van der Waals surface area contributed by atoms with Gasteiger partial charge in [-0.2, -0.15) is 0 Å². The van der Waals surface area contributed by atoms with Gasteiger partial charge in [0.1, 0.15) is 0 Å². The molecule has 1 aromatic carbocycles. The summed E-state index contributed by atoms with van der Waals surface area (Å²) < 4.78 is 53.4. The average Bonchev–Trinajstić information content (AvgIpc) is 3.05. The minimum Gasteiger partial charge on any atom is -0.358 e.